The fraction of sp³-hybridized carbons (Fsp3) is 0.333. The summed E-state index contributed by atoms with van der Waals surface area (Å²) in [6.07, 6.45) is 1.09. The van der Waals surface area contributed by atoms with Gasteiger partial charge >= 0.3 is 5.97 Å². The number of carbonyl (C=O) groups excluding carboxylic acids is 2. The third-order valence-corrected chi connectivity index (χ3v) is 2.95. The Hall–Kier alpha value is -2.48. The summed E-state index contributed by atoms with van der Waals surface area (Å²) in [7, 11) is 0. The molecule has 0 aliphatic carbocycles. The van der Waals surface area contributed by atoms with Gasteiger partial charge in [-0.3, -0.25) is 14.6 Å². The fourth-order valence-electron chi connectivity index (χ4n) is 1.88. The summed E-state index contributed by atoms with van der Waals surface area (Å²) in [5, 5.41) is 8.76. The molecule has 0 spiro atoms. The summed E-state index contributed by atoms with van der Waals surface area (Å²) in [5.74, 6) is -2.26. The zero-order valence-corrected chi connectivity index (χ0v) is 10.5. The number of hydrogen-bond acceptors (Lipinski definition) is 5. The molecule has 1 aliphatic rings. The van der Waals surface area contributed by atoms with Crippen LogP contribution in [0.5, 0.6) is 0 Å². The molecule has 20 heavy (non-hydrogen) atoms. The first-order valence-electron chi connectivity index (χ1n) is 5.88. The lowest BCUT2D eigenvalue weighted by Gasteiger charge is -2.33. The van der Waals surface area contributed by atoms with Crippen LogP contribution in [0.3, 0.4) is 0 Å². The summed E-state index contributed by atoms with van der Waals surface area (Å²) in [6.45, 7) is 0.589. The van der Waals surface area contributed by atoms with Gasteiger partial charge in [0, 0.05) is 12.7 Å². The standard InChI is InChI=1S/C12H13N3O5/c13-10(16)9-6-20-4-3-15(9)11(17)8-2-1-7(5-14-8)12(18)19/h1-2,5,9H,3-4,6H2,(H2,13,16)(H,18,19). The number of morpholine rings is 1. The zero-order valence-electron chi connectivity index (χ0n) is 10.5. The Kier molecular flexibility index (Phi) is 3.94. The van der Waals surface area contributed by atoms with Crippen molar-refractivity contribution >= 4 is 17.8 Å². The van der Waals surface area contributed by atoms with Gasteiger partial charge in [-0.05, 0) is 12.1 Å². The molecular formula is C12H13N3O5. The van der Waals surface area contributed by atoms with Gasteiger partial charge in [-0.15, -0.1) is 0 Å². The number of amides is 2. The Balaban J connectivity index is 2.20. The predicted octanol–water partition coefficient (Wildman–Crippen LogP) is -0.894. The molecule has 2 amide bonds. The van der Waals surface area contributed by atoms with Crippen molar-refractivity contribution in [3.05, 3.63) is 29.6 Å². The third kappa shape index (κ3) is 2.75. The monoisotopic (exact) mass is 279 g/mol. The highest BCUT2D eigenvalue weighted by Crippen LogP contribution is 2.11. The van der Waals surface area contributed by atoms with Crippen LogP contribution >= 0.6 is 0 Å². The van der Waals surface area contributed by atoms with Crippen LogP contribution in [0, 0.1) is 0 Å². The van der Waals surface area contributed by atoms with Gasteiger partial charge in [0.25, 0.3) is 5.91 Å². The summed E-state index contributed by atoms with van der Waals surface area (Å²) in [5.41, 5.74) is 5.27. The van der Waals surface area contributed by atoms with Crippen molar-refractivity contribution in [2.45, 2.75) is 6.04 Å². The summed E-state index contributed by atoms with van der Waals surface area (Å²) in [6, 6.07) is 1.75. The molecule has 1 aromatic heterocycles. The van der Waals surface area contributed by atoms with Crippen molar-refractivity contribution in [1.82, 2.24) is 9.88 Å². The van der Waals surface area contributed by atoms with Crippen LogP contribution in [0.15, 0.2) is 18.3 Å². The maximum Gasteiger partial charge on any atom is 0.337 e. The summed E-state index contributed by atoms with van der Waals surface area (Å²) >= 11 is 0. The highest BCUT2D eigenvalue weighted by atomic mass is 16.5. The normalized spacial score (nSPS) is 18.6. The van der Waals surface area contributed by atoms with Crippen molar-refractivity contribution < 1.29 is 24.2 Å². The van der Waals surface area contributed by atoms with Crippen LogP contribution < -0.4 is 5.73 Å². The van der Waals surface area contributed by atoms with Crippen molar-refractivity contribution in [3.8, 4) is 0 Å². The summed E-state index contributed by atoms with van der Waals surface area (Å²) in [4.78, 5) is 39.3. The number of ether oxygens (including phenoxy) is 1. The molecular weight excluding hydrogens is 266 g/mol. The van der Waals surface area contributed by atoms with Crippen molar-refractivity contribution in [1.29, 1.82) is 0 Å². The molecule has 2 heterocycles. The molecule has 1 aliphatic heterocycles. The lowest BCUT2D eigenvalue weighted by molar-refractivity contribution is -0.127. The number of nitrogens with two attached hydrogens (primary N) is 1. The van der Waals surface area contributed by atoms with Gasteiger partial charge in [0.2, 0.25) is 5.91 Å². The van der Waals surface area contributed by atoms with Gasteiger partial charge in [-0.25, -0.2) is 4.79 Å². The fourth-order valence-corrected chi connectivity index (χ4v) is 1.88. The predicted molar refractivity (Wildman–Crippen MR) is 66.0 cm³/mol. The lowest BCUT2D eigenvalue weighted by atomic mass is 10.2. The molecule has 8 nitrogen and oxygen atoms in total. The molecule has 0 radical (unpaired) electrons. The van der Waals surface area contributed by atoms with Crippen LogP contribution in [-0.2, 0) is 9.53 Å². The Morgan fingerprint density at radius 2 is 2.15 bits per heavy atom. The van der Waals surface area contributed by atoms with E-state index >= 15 is 0 Å². The number of aromatic carboxylic acids is 1. The number of rotatable bonds is 3. The molecule has 8 heteroatoms. The SMILES string of the molecule is NC(=O)C1COCCN1C(=O)c1ccc(C(=O)O)cn1. The van der Waals surface area contributed by atoms with E-state index in [9.17, 15) is 14.4 Å². The minimum absolute atomic E-state index is 0.0185. The van der Waals surface area contributed by atoms with Gasteiger partial charge in [0.05, 0.1) is 18.8 Å². The van der Waals surface area contributed by atoms with Crippen molar-refractivity contribution in [3.63, 3.8) is 0 Å². The Bertz CT molecular complexity index is 543. The van der Waals surface area contributed by atoms with Gasteiger partial charge in [-0.2, -0.15) is 0 Å². The maximum absolute atomic E-state index is 12.2. The highest BCUT2D eigenvalue weighted by Gasteiger charge is 2.32. The Morgan fingerprint density at radius 3 is 2.70 bits per heavy atom. The number of pyridine rings is 1. The third-order valence-electron chi connectivity index (χ3n) is 2.95. The van der Waals surface area contributed by atoms with Crippen LogP contribution in [0.1, 0.15) is 20.8 Å². The van der Waals surface area contributed by atoms with E-state index in [2.05, 4.69) is 4.98 Å². The molecule has 3 N–H and O–H groups in total. The smallest absolute Gasteiger partial charge is 0.337 e. The minimum Gasteiger partial charge on any atom is -0.478 e. The van der Waals surface area contributed by atoms with Gasteiger partial charge < -0.3 is 20.5 Å². The number of nitrogens with zero attached hydrogens (tertiary/aromatic N) is 2. The van der Waals surface area contributed by atoms with Crippen molar-refractivity contribution in [2.24, 2.45) is 5.73 Å². The minimum atomic E-state index is -1.13. The molecule has 106 valence electrons. The second-order valence-electron chi connectivity index (χ2n) is 4.23. The van der Waals surface area contributed by atoms with Crippen LogP contribution in [0.25, 0.3) is 0 Å². The van der Waals surface area contributed by atoms with E-state index in [0.717, 1.165) is 6.20 Å². The van der Waals surface area contributed by atoms with E-state index in [1.165, 1.54) is 17.0 Å². The van der Waals surface area contributed by atoms with E-state index in [-0.39, 0.29) is 24.4 Å². The lowest BCUT2D eigenvalue weighted by Crippen LogP contribution is -2.54. The molecule has 0 aromatic carbocycles. The van der Waals surface area contributed by atoms with E-state index < -0.39 is 23.8 Å². The van der Waals surface area contributed by atoms with Crippen LogP contribution in [-0.4, -0.2) is 58.6 Å². The molecule has 1 saturated heterocycles. The van der Waals surface area contributed by atoms with Crippen LogP contribution in [0.2, 0.25) is 0 Å². The maximum atomic E-state index is 12.2. The molecule has 1 unspecified atom stereocenters. The number of carboxylic acid groups (broad SMARTS) is 1. The first kappa shape index (κ1) is 13.9. The zero-order chi connectivity index (χ0) is 14.7. The number of hydrogen-bond donors (Lipinski definition) is 2. The molecule has 1 aromatic rings. The van der Waals surface area contributed by atoms with Gasteiger partial charge in [-0.1, -0.05) is 0 Å². The highest BCUT2D eigenvalue weighted by molar-refractivity contribution is 5.96. The van der Waals surface area contributed by atoms with E-state index in [1.54, 1.807) is 0 Å². The van der Waals surface area contributed by atoms with E-state index in [4.69, 9.17) is 15.6 Å². The Labute approximate surface area is 114 Å². The summed E-state index contributed by atoms with van der Waals surface area (Å²) < 4.78 is 5.12. The molecule has 0 bridgehead atoms. The first-order chi connectivity index (χ1) is 9.50. The van der Waals surface area contributed by atoms with Gasteiger partial charge in [0.1, 0.15) is 11.7 Å². The van der Waals surface area contributed by atoms with E-state index in [0.29, 0.717) is 6.61 Å². The average molecular weight is 279 g/mol. The average Bonchev–Trinajstić information content (AvgIpc) is 2.46. The van der Waals surface area contributed by atoms with Gasteiger partial charge in [0.15, 0.2) is 0 Å². The number of carboxylic acids is 1. The largest absolute Gasteiger partial charge is 0.478 e. The first-order valence-corrected chi connectivity index (χ1v) is 5.88. The second-order valence-corrected chi connectivity index (χ2v) is 4.23. The quantitative estimate of drug-likeness (QED) is 0.739. The second kappa shape index (κ2) is 5.66. The van der Waals surface area contributed by atoms with Crippen molar-refractivity contribution in [2.75, 3.05) is 19.8 Å². The number of primary amides is 1. The van der Waals surface area contributed by atoms with E-state index in [1.807, 2.05) is 0 Å². The molecule has 1 fully saturated rings. The van der Waals surface area contributed by atoms with Crippen LogP contribution in [0.4, 0.5) is 0 Å². The molecule has 1 atom stereocenters. The Morgan fingerprint density at radius 1 is 1.40 bits per heavy atom. The number of aromatic nitrogens is 1. The molecule has 2 rings (SSSR count). The number of carbonyl (C=O) groups is 3. The topological polar surface area (TPSA) is 123 Å². The molecule has 0 saturated carbocycles.